The van der Waals surface area contributed by atoms with Gasteiger partial charge in [-0.3, -0.25) is 14.5 Å². The summed E-state index contributed by atoms with van der Waals surface area (Å²) in [5.41, 5.74) is 1.41. The molecule has 6 nitrogen and oxygen atoms in total. The Labute approximate surface area is 170 Å². The van der Waals surface area contributed by atoms with E-state index >= 15 is 0 Å². The van der Waals surface area contributed by atoms with Gasteiger partial charge in [-0.2, -0.15) is 0 Å². The second-order valence-corrected chi connectivity index (χ2v) is 7.16. The summed E-state index contributed by atoms with van der Waals surface area (Å²) in [6.45, 7) is 3.91. The Balaban J connectivity index is 1.85. The highest BCUT2D eigenvalue weighted by Crippen LogP contribution is 2.26. The summed E-state index contributed by atoms with van der Waals surface area (Å²) in [6, 6.07) is 14.7. The van der Waals surface area contributed by atoms with Gasteiger partial charge in [0.1, 0.15) is 5.75 Å². The Bertz CT molecular complexity index is 826. The molecule has 0 aliphatic rings. The molecule has 0 spiro atoms. The number of ether oxygens (including phenoxy) is 1. The molecule has 0 unspecified atom stereocenters. The molecular weight excluding hydrogens is 374 g/mol. The molecule has 0 heterocycles. The summed E-state index contributed by atoms with van der Waals surface area (Å²) < 4.78 is 5.14. The van der Waals surface area contributed by atoms with E-state index in [0.717, 1.165) is 16.3 Å². The van der Waals surface area contributed by atoms with Gasteiger partial charge < -0.3 is 15.4 Å². The maximum absolute atomic E-state index is 12.3. The normalized spacial score (nSPS) is 10.4. The number of likely N-dealkylation sites (N-methyl/N-ethyl adjacent to an activating group) is 1. The Morgan fingerprint density at radius 2 is 1.82 bits per heavy atom. The van der Waals surface area contributed by atoms with Gasteiger partial charge in [-0.15, -0.1) is 18.3 Å². The van der Waals surface area contributed by atoms with E-state index in [1.54, 1.807) is 55.1 Å². The van der Waals surface area contributed by atoms with Crippen molar-refractivity contribution >= 4 is 35.0 Å². The molecule has 0 atom stereocenters. The largest absolute Gasteiger partial charge is 0.497 e. The van der Waals surface area contributed by atoms with Crippen LogP contribution in [0.25, 0.3) is 0 Å². The van der Waals surface area contributed by atoms with Crippen molar-refractivity contribution < 1.29 is 14.3 Å². The summed E-state index contributed by atoms with van der Waals surface area (Å²) in [5.74, 6) is 1.05. The third-order valence-electron chi connectivity index (χ3n) is 3.70. The fraction of sp³-hybridized carbons (Fsp3) is 0.238. The van der Waals surface area contributed by atoms with Gasteiger partial charge in [0.15, 0.2) is 0 Å². The first kappa shape index (κ1) is 21.5. The number of rotatable bonds is 10. The second kappa shape index (κ2) is 11.2. The highest BCUT2D eigenvalue weighted by Gasteiger charge is 2.13. The number of methoxy groups -OCH3 is 1. The fourth-order valence-electron chi connectivity index (χ4n) is 2.48. The third-order valence-corrected chi connectivity index (χ3v) is 4.77. The lowest BCUT2D eigenvalue weighted by Gasteiger charge is -2.17. The maximum atomic E-state index is 12.3. The first-order chi connectivity index (χ1) is 13.5. The molecule has 7 heteroatoms. The van der Waals surface area contributed by atoms with E-state index in [1.165, 1.54) is 0 Å². The van der Waals surface area contributed by atoms with Crippen LogP contribution in [0.3, 0.4) is 0 Å². The molecule has 0 fully saturated rings. The number of anilines is 2. The van der Waals surface area contributed by atoms with Gasteiger partial charge in [0.05, 0.1) is 25.9 Å². The van der Waals surface area contributed by atoms with Gasteiger partial charge in [0.2, 0.25) is 11.8 Å². The molecule has 2 N–H and O–H groups in total. The zero-order valence-electron chi connectivity index (χ0n) is 16.1. The molecule has 0 saturated carbocycles. The molecule has 28 heavy (non-hydrogen) atoms. The van der Waals surface area contributed by atoms with Gasteiger partial charge in [-0.1, -0.05) is 24.3 Å². The predicted octanol–water partition coefficient (Wildman–Crippen LogP) is 3.48. The van der Waals surface area contributed by atoms with Crippen molar-refractivity contribution in [3.05, 3.63) is 61.2 Å². The van der Waals surface area contributed by atoms with E-state index in [4.69, 9.17) is 4.74 Å². The Hall–Kier alpha value is -2.77. The van der Waals surface area contributed by atoms with Gasteiger partial charge >= 0.3 is 0 Å². The summed E-state index contributed by atoms with van der Waals surface area (Å²) in [5, 5.41) is 5.70. The van der Waals surface area contributed by atoms with Crippen LogP contribution in [0.5, 0.6) is 5.75 Å². The van der Waals surface area contributed by atoms with Gasteiger partial charge in [-0.05, 0) is 31.3 Å². The van der Waals surface area contributed by atoms with Gasteiger partial charge in [0.25, 0.3) is 0 Å². The van der Waals surface area contributed by atoms with E-state index < -0.39 is 0 Å². The van der Waals surface area contributed by atoms with Crippen molar-refractivity contribution in [1.29, 1.82) is 0 Å². The van der Waals surface area contributed by atoms with Crippen molar-refractivity contribution in [2.75, 3.05) is 43.6 Å². The van der Waals surface area contributed by atoms with Crippen molar-refractivity contribution in [1.82, 2.24) is 4.90 Å². The third kappa shape index (κ3) is 7.09. The van der Waals surface area contributed by atoms with Crippen molar-refractivity contribution in [3.8, 4) is 5.75 Å². The first-order valence-corrected chi connectivity index (χ1v) is 9.75. The molecule has 148 valence electrons. The maximum Gasteiger partial charge on any atom is 0.238 e. The van der Waals surface area contributed by atoms with Crippen LogP contribution < -0.4 is 15.4 Å². The minimum Gasteiger partial charge on any atom is -0.497 e. The number of nitrogens with one attached hydrogen (secondary N) is 2. The number of carbonyl (C=O) groups excluding carboxylic acids is 2. The van der Waals surface area contributed by atoms with Crippen LogP contribution in [-0.4, -0.2) is 49.7 Å². The Morgan fingerprint density at radius 3 is 2.54 bits per heavy atom. The topological polar surface area (TPSA) is 70.7 Å². The average Bonchev–Trinajstić information content (AvgIpc) is 2.67. The molecule has 2 rings (SSSR count). The number of amides is 2. The van der Waals surface area contributed by atoms with Crippen molar-refractivity contribution in [2.24, 2.45) is 0 Å². The molecule has 2 aromatic carbocycles. The van der Waals surface area contributed by atoms with Crippen LogP contribution >= 0.6 is 11.8 Å². The smallest absolute Gasteiger partial charge is 0.238 e. The Morgan fingerprint density at radius 1 is 1.11 bits per heavy atom. The van der Waals surface area contributed by atoms with Crippen LogP contribution in [0, 0.1) is 0 Å². The van der Waals surface area contributed by atoms with E-state index in [9.17, 15) is 9.59 Å². The van der Waals surface area contributed by atoms with Gasteiger partial charge in [0, 0.05) is 22.4 Å². The molecule has 2 aromatic rings. The summed E-state index contributed by atoms with van der Waals surface area (Å²) in [6.07, 6.45) is 1.82. The number of hydrogen-bond acceptors (Lipinski definition) is 5. The van der Waals surface area contributed by atoms with Crippen LogP contribution in [0.15, 0.2) is 66.1 Å². The second-order valence-electron chi connectivity index (χ2n) is 6.10. The number of benzene rings is 2. The molecular formula is C21H25N3O3S. The van der Waals surface area contributed by atoms with Crippen molar-refractivity contribution in [2.45, 2.75) is 4.90 Å². The number of para-hydroxylation sites is 1. The number of hydrogen-bond donors (Lipinski definition) is 2. The standard InChI is InChI=1S/C21H25N3O3S/c1-4-12-28-19-11-6-5-10-18(19)23-21(26)15-24(2)14-20(25)22-16-8-7-9-17(13-16)27-3/h4-11,13H,1,12,14-15H2,2-3H3,(H,22,25)(H,23,26). The zero-order valence-corrected chi connectivity index (χ0v) is 16.9. The minimum atomic E-state index is -0.203. The SMILES string of the molecule is C=CCSc1ccccc1NC(=O)CN(C)CC(=O)Nc1cccc(OC)c1. The van der Waals surface area contributed by atoms with Crippen LogP contribution in [0.2, 0.25) is 0 Å². The number of thioether (sulfide) groups is 1. The van der Waals surface area contributed by atoms with E-state index in [0.29, 0.717) is 11.4 Å². The average molecular weight is 400 g/mol. The number of nitrogens with zero attached hydrogens (tertiary/aromatic N) is 1. The Kier molecular flexibility index (Phi) is 8.58. The molecule has 2 amide bonds. The van der Waals surface area contributed by atoms with Crippen molar-refractivity contribution in [3.63, 3.8) is 0 Å². The molecule has 0 aliphatic carbocycles. The summed E-state index contributed by atoms with van der Waals surface area (Å²) in [7, 11) is 3.30. The molecule has 0 bridgehead atoms. The lowest BCUT2D eigenvalue weighted by molar-refractivity contribution is -0.119. The van der Waals surface area contributed by atoms with Crippen LogP contribution in [0.4, 0.5) is 11.4 Å². The van der Waals surface area contributed by atoms with E-state index in [2.05, 4.69) is 17.2 Å². The molecule has 0 aliphatic heterocycles. The van der Waals surface area contributed by atoms with Crippen LogP contribution in [-0.2, 0) is 9.59 Å². The van der Waals surface area contributed by atoms with E-state index in [1.807, 2.05) is 30.3 Å². The first-order valence-electron chi connectivity index (χ1n) is 8.77. The molecule has 0 saturated heterocycles. The molecule has 0 aromatic heterocycles. The lowest BCUT2D eigenvalue weighted by atomic mass is 10.3. The molecule has 0 radical (unpaired) electrons. The lowest BCUT2D eigenvalue weighted by Crippen LogP contribution is -2.36. The quantitative estimate of drug-likeness (QED) is 0.473. The van der Waals surface area contributed by atoms with Gasteiger partial charge in [-0.25, -0.2) is 0 Å². The van der Waals surface area contributed by atoms with Crippen LogP contribution in [0.1, 0.15) is 0 Å². The number of carbonyl (C=O) groups is 2. The summed E-state index contributed by atoms with van der Waals surface area (Å²) >= 11 is 1.60. The highest BCUT2D eigenvalue weighted by molar-refractivity contribution is 7.99. The minimum absolute atomic E-state index is 0.0947. The monoisotopic (exact) mass is 399 g/mol. The highest BCUT2D eigenvalue weighted by atomic mass is 32.2. The zero-order chi connectivity index (χ0) is 20.4. The predicted molar refractivity (Wildman–Crippen MR) is 115 cm³/mol. The van der Waals surface area contributed by atoms with E-state index in [-0.39, 0.29) is 24.9 Å². The summed E-state index contributed by atoms with van der Waals surface area (Å²) in [4.78, 5) is 27.2. The fourth-order valence-corrected chi connectivity index (χ4v) is 3.23.